The van der Waals surface area contributed by atoms with Gasteiger partial charge in [0.15, 0.2) is 5.76 Å². The van der Waals surface area contributed by atoms with Crippen LogP contribution in [0.1, 0.15) is 48.6 Å². The van der Waals surface area contributed by atoms with Crippen molar-refractivity contribution >= 4 is 11.9 Å². The average Bonchev–Trinajstić information content (AvgIpc) is 3.17. The topological polar surface area (TPSA) is 70.8 Å². The van der Waals surface area contributed by atoms with Gasteiger partial charge in [0, 0.05) is 24.6 Å². The highest BCUT2D eigenvalue weighted by atomic mass is 16.4. The van der Waals surface area contributed by atoms with E-state index in [1.54, 1.807) is 11.8 Å². The van der Waals surface area contributed by atoms with Gasteiger partial charge in [-0.15, -0.1) is 0 Å². The van der Waals surface area contributed by atoms with Gasteiger partial charge in [0.1, 0.15) is 5.76 Å². The third-order valence-corrected chi connectivity index (χ3v) is 3.65. The fourth-order valence-corrected chi connectivity index (χ4v) is 2.22. The molecule has 2 rings (SSSR count). The first-order valence-corrected chi connectivity index (χ1v) is 7.07. The van der Waals surface area contributed by atoms with Crippen molar-refractivity contribution in [2.45, 2.75) is 46.1 Å². The first kappa shape index (κ1) is 14.6. The normalized spacial score (nSPS) is 15.9. The van der Waals surface area contributed by atoms with Crippen molar-refractivity contribution < 1.29 is 19.1 Å². The van der Waals surface area contributed by atoms with E-state index in [9.17, 15) is 9.59 Å². The van der Waals surface area contributed by atoms with Gasteiger partial charge in [-0.2, -0.15) is 0 Å². The Morgan fingerprint density at radius 3 is 2.60 bits per heavy atom. The van der Waals surface area contributed by atoms with Crippen LogP contribution in [0.25, 0.3) is 0 Å². The van der Waals surface area contributed by atoms with E-state index in [4.69, 9.17) is 9.52 Å². The summed E-state index contributed by atoms with van der Waals surface area (Å²) in [6.45, 7) is 5.68. The lowest BCUT2D eigenvalue weighted by molar-refractivity contribution is -0.141. The predicted octanol–water partition coefficient (Wildman–Crippen LogP) is 2.48. The summed E-state index contributed by atoms with van der Waals surface area (Å²) in [5, 5.41) is 9.02. The highest BCUT2D eigenvalue weighted by molar-refractivity contribution is 5.93. The fourth-order valence-electron chi connectivity index (χ4n) is 2.22. The second kappa shape index (κ2) is 5.69. The Kier molecular flexibility index (Phi) is 4.16. The van der Waals surface area contributed by atoms with Crippen LogP contribution in [0.15, 0.2) is 10.5 Å². The Hall–Kier alpha value is -1.78. The van der Waals surface area contributed by atoms with E-state index in [0.717, 1.165) is 30.6 Å². The zero-order valence-corrected chi connectivity index (χ0v) is 12.2. The molecule has 5 nitrogen and oxygen atoms in total. The van der Waals surface area contributed by atoms with Gasteiger partial charge in [0.25, 0.3) is 5.91 Å². The second-order valence-electron chi connectivity index (χ2n) is 5.51. The van der Waals surface area contributed by atoms with Crippen molar-refractivity contribution in [3.05, 3.63) is 23.2 Å². The van der Waals surface area contributed by atoms with E-state index < -0.39 is 11.9 Å². The number of carbonyl (C=O) groups excluding carboxylic acids is 1. The highest BCUT2D eigenvalue weighted by Gasteiger charge is 2.36. The number of rotatable bonds is 6. The Balaban J connectivity index is 2.18. The molecule has 1 fully saturated rings. The molecule has 1 aliphatic rings. The van der Waals surface area contributed by atoms with Gasteiger partial charge in [-0.25, -0.2) is 0 Å². The predicted molar refractivity (Wildman–Crippen MR) is 73.7 cm³/mol. The summed E-state index contributed by atoms with van der Waals surface area (Å²) >= 11 is 0. The monoisotopic (exact) mass is 279 g/mol. The summed E-state index contributed by atoms with van der Waals surface area (Å²) in [6, 6.07) is 2.04. The number of carboxylic acids is 1. The summed E-state index contributed by atoms with van der Waals surface area (Å²) in [5.41, 5.74) is 0.820. The van der Waals surface area contributed by atoms with Crippen molar-refractivity contribution in [1.29, 1.82) is 0 Å². The van der Waals surface area contributed by atoms with E-state index in [0.29, 0.717) is 5.76 Å². The van der Waals surface area contributed by atoms with Crippen LogP contribution < -0.4 is 0 Å². The van der Waals surface area contributed by atoms with Gasteiger partial charge in [0.2, 0.25) is 0 Å². The van der Waals surface area contributed by atoms with E-state index in [1.807, 2.05) is 19.9 Å². The molecule has 1 aliphatic carbocycles. The molecule has 1 unspecified atom stereocenters. The zero-order valence-electron chi connectivity index (χ0n) is 12.2. The van der Waals surface area contributed by atoms with Crippen LogP contribution >= 0.6 is 0 Å². The number of nitrogens with zero attached hydrogens (tertiary/aromatic N) is 1. The molecule has 0 aromatic carbocycles. The molecule has 1 saturated carbocycles. The smallest absolute Gasteiger partial charge is 0.308 e. The molecule has 110 valence electrons. The maximum Gasteiger partial charge on any atom is 0.308 e. The van der Waals surface area contributed by atoms with Gasteiger partial charge < -0.3 is 14.4 Å². The van der Waals surface area contributed by atoms with E-state index >= 15 is 0 Å². The van der Waals surface area contributed by atoms with Gasteiger partial charge in [-0.05, 0) is 25.8 Å². The molecular formula is C15H21NO4. The summed E-state index contributed by atoms with van der Waals surface area (Å²) in [5.74, 6) is -0.494. The number of carboxylic acid groups (broad SMARTS) is 1. The molecule has 1 amide bonds. The number of hydrogen-bond donors (Lipinski definition) is 1. The maximum absolute atomic E-state index is 12.6. The number of furan rings is 1. The molecule has 1 N–H and O–H groups in total. The van der Waals surface area contributed by atoms with Crippen molar-refractivity contribution in [3.8, 4) is 0 Å². The Labute approximate surface area is 118 Å². The molecule has 1 heterocycles. The molecule has 1 aromatic heterocycles. The van der Waals surface area contributed by atoms with Crippen molar-refractivity contribution in [2.75, 3.05) is 6.54 Å². The average molecular weight is 279 g/mol. The number of carbonyl (C=O) groups is 2. The minimum Gasteiger partial charge on any atom is -0.481 e. The molecule has 1 aromatic rings. The minimum absolute atomic E-state index is 0.166. The van der Waals surface area contributed by atoms with Crippen LogP contribution in [0.5, 0.6) is 0 Å². The van der Waals surface area contributed by atoms with Crippen LogP contribution in [0.3, 0.4) is 0 Å². The number of hydrogen-bond acceptors (Lipinski definition) is 3. The molecule has 20 heavy (non-hydrogen) atoms. The molecule has 0 bridgehead atoms. The molecular weight excluding hydrogens is 258 g/mol. The van der Waals surface area contributed by atoms with E-state index in [1.165, 1.54) is 0 Å². The zero-order chi connectivity index (χ0) is 14.9. The highest BCUT2D eigenvalue weighted by Crippen LogP contribution is 2.30. The Morgan fingerprint density at radius 1 is 1.50 bits per heavy atom. The maximum atomic E-state index is 12.6. The van der Waals surface area contributed by atoms with E-state index in [2.05, 4.69) is 0 Å². The van der Waals surface area contributed by atoms with Crippen molar-refractivity contribution in [2.24, 2.45) is 5.92 Å². The van der Waals surface area contributed by atoms with Crippen LogP contribution in [0.4, 0.5) is 0 Å². The Bertz CT molecular complexity index is 516. The van der Waals surface area contributed by atoms with Crippen LogP contribution in [-0.4, -0.2) is 34.5 Å². The fraction of sp³-hybridized carbons (Fsp3) is 0.600. The van der Waals surface area contributed by atoms with Crippen LogP contribution in [0.2, 0.25) is 0 Å². The Morgan fingerprint density at radius 2 is 2.15 bits per heavy atom. The number of aliphatic carboxylic acids is 1. The largest absolute Gasteiger partial charge is 0.481 e. The van der Waals surface area contributed by atoms with Gasteiger partial charge in [-0.3, -0.25) is 9.59 Å². The molecule has 1 atom stereocenters. The molecule has 5 heteroatoms. The van der Waals surface area contributed by atoms with Crippen molar-refractivity contribution in [3.63, 3.8) is 0 Å². The summed E-state index contributed by atoms with van der Waals surface area (Å²) < 4.78 is 5.59. The molecule has 0 spiro atoms. The number of amides is 1. The quantitative estimate of drug-likeness (QED) is 0.868. The molecule has 0 saturated heterocycles. The first-order chi connectivity index (χ1) is 9.43. The number of aryl methyl sites for hydroxylation is 2. The van der Waals surface area contributed by atoms with Crippen LogP contribution in [0, 0.1) is 12.8 Å². The lowest BCUT2D eigenvalue weighted by atomic mass is 10.1. The molecule has 0 radical (unpaired) electrons. The third-order valence-electron chi connectivity index (χ3n) is 3.65. The lowest BCUT2D eigenvalue weighted by Crippen LogP contribution is -2.38. The SMILES string of the molecule is CCc1cc(C)c(C(=O)N(CC(C)C(=O)O)C2CC2)o1. The first-order valence-electron chi connectivity index (χ1n) is 7.07. The van der Waals surface area contributed by atoms with E-state index in [-0.39, 0.29) is 18.5 Å². The summed E-state index contributed by atoms with van der Waals surface area (Å²) in [7, 11) is 0. The minimum atomic E-state index is -0.881. The summed E-state index contributed by atoms with van der Waals surface area (Å²) in [4.78, 5) is 25.2. The van der Waals surface area contributed by atoms with Crippen LogP contribution in [-0.2, 0) is 11.2 Å². The standard InChI is InChI=1S/C15H21NO4/c1-4-12-7-9(2)13(20-12)14(17)16(11-5-6-11)8-10(3)15(18)19/h7,10-11H,4-6,8H2,1-3H3,(H,18,19). The summed E-state index contributed by atoms with van der Waals surface area (Å²) in [6.07, 6.45) is 2.63. The van der Waals surface area contributed by atoms with Gasteiger partial charge in [0.05, 0.1) is 5.92 Å². The second-order valence-corrected chi connectivity index (χ2v) is 5.51. The van der Waals surface area contributed by atoms with Crippen molar-refractivity contribution in [1.82, 2.24) is 4.90 Å². The van der Waals surface area contributed by atoms with Gasteiger partial charge in [-0.1, -0.05) is 13.8 Å². The van der Waals surface area contributed by atoms with Gasteiger partial charge >= 0.3 is 5.97 Å². The third kappa shape index (κ3) is 3.03. The lowest BCUT2D eigenvalue weighted by Gasteiger charge is -2.23. The molecule has 0 aliphatic heterocycles.